The van der Waals surface area contributed by atoms with Crippen LogP contribution in [-0.4, -0.2) is 29.9 Å². The Morgan fingerprint density at radius 2 is 1.48 bits per heavy atom. The maximum Gasteiger partial charge on any atom is 0.314 e. The molecule has 0 bridgehead atoms. The first-order valence-corrected chi connectivity index (χ1v) is 9.26. The highest BCUT2D eigenvalue weighted by Gasteiger charge is 2.29. The van der Waals surface area contributed by atoms with Gasteiger partial charge >= 0.3 is 5.97 Å². The van der Waals surface area contributed by atoms with Crippen LogP contribution in [-0.2, 0) is 4.79 Å². The third kappa shape index (κ3) is 3.70. The van der Waals surface area contributed by atoms with Crippen LogP contribution in [0.3, 0.4) is 0 Å². The second kappa shape index (κ2) is 7.62. The molecule has 0 aromatic heterocycles. The number of carbonyl (C=O) groups excluding carboxylic acids is 2. The summed E-state index contributed by atoms with van der Waals surface area (Å²) in [4.78, 5) is 27.2. The summed E-state index contributed by atoms with van der Waals surface area (Å²) in [5.41, 5.74) is 0.721. The van der Waals surface area contributed by atoms with Crippen molar-refractivity contribution in [2.24, 2.45) is 5.92 Å². The van der Waals surface area contributed by atoms with Crippen molar-refractivity contribution < 1.29 is 14.3 Å². The van der Waals surface area contributed by atoms with E-state index < -0.39 is 0 Å². The molecule has 136 valence electrons. The molecule has 0 saturated carbocycles. The Hall–Kier alpha value is -3.14. The number of nitrogens with zero attached hydrogens (tertiary/aromatic N) is 1. The van der Waals surface area contributed by atoms with Crippen LogP contribution in [0.25, 0.3) is 10.8 Å². The van der Waals surface area contributed by atoms with Crippen LogP contribution in [0.5, 0.6) is 5.75 Å². The monoisotopic (exact) mass is 359 g/mol. The molecule has 1 aliphatic rings. The van der Waals surface area contributed by atoms with E-state index >= 15 is 0 Å². The van der Waals surface area contributed by atoms with Crippen LogP contribution in [0.1, 0.15) is 23.2 Å². The molecular weight excluding hydrogens is 338 g/mol. The number of hydrogen-bond acceptors (Lipinski definition) is 3. The van der Waals surface area contributed by atoms with Gasteiger partial charge in [-0.2, -0.15) is 0 Å². The standard InChI is InChI=1S/C23H21NO3/c25-22(21-12-6-8-17-7-4-5-11-20(17)21)24-15-13-18(14-16-24)23(26)27-19-9-2-1-3-10-19/h1-12,18H,13-16H2. The fourth-order valence-electron chi connectivity index (χ4n) is 3.59. The van der Waals surface area contributed by atoms with E-state index in [1.165, 1.54) is 0 Å². The first-order valence-electron chi connectivity index (χ1n) is 9.26. The topological polar surface area (TPSA) is 46.6 Å². The van der Waals surface area contributed by atoms with Crippen LogP contribution in [0.4, 0.5) is 0 Å². The second-order valence-electron chi connectivity index (χ2n) is 6.83. The first kappa shape index (κ1) is 17.3. The number of carbonyl (C=O) groups is 2. The largest absolute Gasteiger partial charge is 0.426 e. The van der Waals surface area contributed by atoms with Crippen LogP contribution >= 0.6 is 0 Å². The Labute approximate surface area is 158 Å². The highest BCUT2D eigenvalue weighted by Crippen LogP contribution is 2.24. The van der Waals surface area contributed by atoms with Gasteiger partial charge in [0.2, 0.25) is 0 Å². The van der Waals surface area contributed by atoms with Crippen molar-refractivity contribution in [3.63, 3.8) is 0 Å². The molecule has 1 aliphatic heterocycles. The summed E-state index contributed by atoms with van der Waals surface area (Å²) in [6.45, 7) is 1.13. The van der Waals surface area contributed by atoms with E-state index in [1.807, 2.05) is 65.6 Å². The van der Waals surface area contributed by atoms with E-state index in [-0.39, 0.29) is 17.8 Å². The summed E-state index contributed by atoms with van der Waals surface area (Å²) >= 11 is 0. The summed E-state index contributed by atoms with van der Waals surface area (Å²) in [7, 11) is 0. The highest BCUT2D eigenvalue weighted by molar-refractivity contribution is 6.07. The molecule has 27 heavy (non-hydrogen) atoms. The average Bonchev–Trinajstić information content (AvgIpc) is 2.73. The lowest BCUT2D eigenvalue weighted by Gasteiger charge is -2.31. The third-order valence-corrected chi connectivity index (χ3v) is 5.10. The van der Waals surface area contributed by atoms with Gasteiger partial charge in [0.25, 0.3) is 5.91 Å². The smallest absolute Gasteiger partial charge is 0.314 e. The van der Waals surface area contributed by atoms with Gasteiger partial charge in [0.1, 0.15) is 5.75 Å². The number of fused-ring (bicyclic) bond motifs is 1. The van der Waals surface area contributed by atoms with Gasteiger partial charge in [-0.05, 0) is 41.8 Å². The molecule has 4 heteroatoms. The summed E-state index contributed by atoms with van der Waals surface area (Å²) in [5.74, 6) is 0.221. The van der Waals surface area contributed by atoms with Crippen LogP contribution < -0.4 is 4.74 Å². The Morgan fingerprint density at radius 3 is 2.26 bits per heavy atom. The number of benzene rings is 3. The van der Waals surface area contributed by atoms with Gasteiger partial charge in [0.05, 0.1) is 5.92 Å². The molecule has 4 rings (SSSR count). The molecule has 1 saturated heterocycles. The van der Waals surface area contributed by atoms with Crippen molar-refractivity contribution in [2.75, 3.05) is 13.1 Å². The minimum Gasteiger partial charge on any atom is -0.426 e. The molecule has 1 fully saturated rings. The zero-order chi connectivity index (χ0) is 18.6. The zero-order valence-electron chi connectivity index (χ0n) is 15.0. The summed E-state index contributed by atoms with van der Waals surface area (Å²) in [5, 5.41) is 2.03. The Morgan fingerprint density at radius 1 is 0.815 bits per heavy atom. The van der Waals surface area contributed by atoms with Gasteiger partial charge in [0, 0.05) is 18.7 Å². The molecule has 1 amide bonds. The lowest BCUT2D eigenvalue weighted by Crippen LogP contribution is -2.41. The summed E-state index contributed by atoms with van der Waals surface area (Å²) in [6.07, 6.45) is 1.25. The maximum absolute atomic E-state index is 13.0. The van der Waals surface area contributed by atoms with Crippen molar-refractivity contribution in [1.29, 1.82) is 0 Å². The molecule has 0 atom stereocenters. The number of esters is 1. The minimum atomic E-state index is -0.210. The lowest BCUT2D eigenvalue weighted by atomic mass is 9.95. The highest BCUT2D eigenvalue weighted by atomic mass is 16.5. The number of para-hydroxylation sites is 1. The van der Waals surface area contributed by atoms with Crippen molar-refractivity contribution in [1.82, 2.24) is 4.90 Å². The number of rotatable bonds is 3. The van der Waals surface area contributed by atoms with Crippen molar-refractivity contribution in [2.45, 2.75) is 12.8 Å². The lowest BCUT2D eigenvalue weighted by molar-refractivity contribution is -0.140. The Bertz CT molecular complexity index is 954. The minimum absolute atomic E-state index is 0.0293. The van der Waals surface area contributed by atoms with Gasteiger partial charge in [-0.1, -0.05) is 54.6 Å². The molecule has 0 unspecified atom stereocenters. The predicted octanol–water partition coefficient (Wildman–Crippen LogP) is 4.30. The van der Waals surface area contributed by atoms with Gasteiger partial charge in [0.15, 0.2) is 0 Å². The quantitative estimate of drug-likeness (QED) is 0.517. The van der Waals surface area contributed by atoms with Gasteiger partial charge < -0.3 is 9.64 Å². The second-order valence-corrected chi connectivity index (χ2v) is 6.83. The van der Waals surface area contributed by atoms with E-state index in [2.05, 4.69) is 0 Å². The SMILES string of the molecule is O=C(Oc1ccccc1)C1CCN(C(=O)c2cccc3ccccc23)CC1. The van der Waals surface area contributed by atoms with Gasteiger partial charge in [-0.3, -0.25) is 9.59 Å². The van der Waals surface area contributed by atoms with Gasteiger partial charge in [-0.15, -0.1) is 0 Å². The summed E-state index contributed by atoms with van der Waals surface area (Å²) in [6, 6.07) is 22.8. The zero-order valence-corrected chi connectivity index (χ0v) is 15.0. The number of likely N-dealkylation sites (tertiary alicyclic amines) is 1. The summed E-state index contributed by atoms with van der Waals surface area (Å²) < 4.78 is 5.45. The van der Waals surface area contributed by atoms with Crippen molar-refractivity contribution >= 4 is 22.6 Å². The molecule has 0 radical (unpaired) electrons. The van der Waals surface area contributed by atoms with Crippen LogP contribution in [0.2, 0.25) is 0 Å². The van der Waals surface area contributed by atoms with Gasteiger partial charge in [-0.25, -0.2) is 0 Å². The fourth-order valence-corrected chi connectivity index (χ4v) is 3.59. The van der Waals surface area contributed by atoms with E-state index in [0.717, 1.165) is 16.3 Å². The van der Waals surface area contributed by atoms with Crippen molar-refractivity contribution in [3.8, 4) is 5.75 Å². The molecule has 0 aliphatic carbocycles. The van der Waals surface area contributed by atoms with Crippen molar-refractivity contribution in [3.05, 3.63) is 78.4 Å². The normalized spacial score (nSPS) is 14.9. The Kier molecular flexibility index (Phi) is 4.88. The maximum atomic E-state index is 13.0. The van der Waals surface area contributed by atoms with E-state index in [4.69, 9.17) is 4.74 Å². The molecule has 3 aromatic rings. The molecule has 0 spiro atoms. The molecule has 1 heterocycles. The number of amides is 1. The van der Waals surface area contributed by atoms with Crippen LogP contribution in [0.15, 0.2) is 72.8 Å². The van der Waals surface area contributed by atoms with E-state index in [9.17, 15) is 9.59 Å². The Balaban J connectivity index is 1.41. The number of piperidine rings is 1. The molecule has 4 nitrogen and oxygen atoms in total. The molecule has 3 aromatic carbocycles. The van der Waals surface area contributed by atoms with Crippen LogP contribution in [0, 0.1) is 5.92 Å². The fraction of sp³-hybridized carbons (Fsp3) is 0.217. The molecular formula is C23H21NO3. The van der Waals surface area contributed by atoms with E-state index in [1.54, 1.807) is 12.1 Å². The van der Waals surface area contributed by atoms with E-state index in [0.29, 0.717) is 31.7 Å². The predicted molar refractivity (Wildman–Crippen MR) is 105 cm³/mol. The number of ether oxygens (including phenoxy) is 1. The number of hydrogen-bond donors (Lipinski definition) is 0. The third-order valence-electron chi connectivity index (χ3n) is 5.10. The molecule has 0 N–H and O–H groups in total. The first-order chi connectivity index (χ1) is 13.2. The average molecular weight is 359 g/mol.